The lowest BCUT2D eigenvalue weighted by Crippen LogP contribution is -2.19. The molecule has 5 heteroatoms. The summed E-state index contributed by atoms with van der Waals surface area (Å²) in [7, 11) is -0.832. The van der Waals surface area contributed by atoms with Crippen LogP contribution in [0.5, 0.6) is 5.75 Å². The van der Waals surface area contributed by atoms with E-state index in [2.05, 4.69) is 5.32 Å². The van der Waals surface area contributed by atoms with Crippen molar-refractivity contribution in [1.82, 2.24) is 5.32 Å². The molecule has 1 aromatic rings. The van der Waals surface area contributed by atoms with Gasteiger partial charge in [-0.3, -0.25) is 4.21 Å². The summed E-state index contributed by atoms with van der Waals surface area (Å²) < 4.78 is 23.5. The summed E-state index contributed by atoms with van der Waals surface area (Å²) in [5, 5.41) is 12.4. The molecule has 15 heavy (non-hydrogen) atoms. The molecular formula is C10H14FNO2S. The molecule has 1 unspecified atom stereocenters. The summed E-state index contributed by atoms with van der Waals surface area (Å²) in [6.07, 6.45) is 1.63. The Morgan fingerprint density at radius 3 is 2.93 bits per heavy atom. The first-order valence-corrected chi connectivity index (χ1v) is 6.30. The van der Waals surface area contributed by atoms with Gasteiger partial charge in [0.1, 0.15) is 11.6 Å². The van der Waals surface area contributed by atoms with Crippen molar-refractivity contribution < 1.29 is 13.7 Å². The molecule has 1 rings (SSSR count). The molecule has 3 nitrogen and oxygen atoms in total. The monoisotopic (exact) mass is 231 g/mol. The van der Waals surface area contributed by atoms with Gasteiger partial charge in [-0.05, 0) is 18.2 Å². The average molecular weight is 231 g/mol. The minimum atomic E-state index is -0.832. The Morgan fingerprint density at radius 2 is 2.27 bits per heavy atom. The predicted octanol–water partition coefficient (Wildman–Crippen LogP) is 0.999. The molecule has 0 spiro atoms. The van der Waals surface area contributed by atoms with E-state index < -0.39 is 10.8 Å². The molecular weight excluding hydrogens is 217 g/mol. The highest BCUT2D eigenvalue weighted by atomic mass is 32.2. The van der Waals surface area contributed by atoms with Crippen molar-refractivity contribution in [2.24, 2.45) is 0 Å². The number of hydrogen-bond donors (Lipinski definition) is 2. The number of halogens is 1. The summed E-state index contributed by atoms with van der Waals surface area (Å²) in [6.45, 7) is 0.958. The summed E-state index contributed by atoms with van der Waals surface area (Å²) in [4.78, 5) is 0. The quantitative estimate of drug-likeness (QED) is 0.743. The van der Waals surface area contributed by atoms with Crippen LogP contribution in [0, 0.1) is 5.82 Å². The van der Waals surface area contributed by atoms with Gasteiger partial charge >= 0.3 is 0 Å². The summed E-state index contributed by atoms with van der Waals surface area (Å²) in [5.74, 6) is 0.251. The minimum Gasteiger partial charge on any atom is -0.508 e. The van der Waals surface area contributed by atoms with Gasteiger partial charge in [0, 0.05) is 41.5 Å². The van der Waals surface area contributed by atoms with E-state index in [-0.39, 0.29) is 11.6 Å². The highest BCUT2D eigenvalue weighted by Gasteiger charge is 2.02. The van der Waals surface area contributed by atoms with Gasteiger partial charge in [-0.25, -0.2) is 4.39 Å². The van der Waals surface area contributed by atoms with Crippen LogP contribution in [0.15, 0.2) is 18.2 Å². The highest BCUT2D eigenvalue weighted by Crippen LogP contribution is 2.17. The molecule has 0 bridgehead atoms. The molecule has 0 aromatic heterocycles. The second-order valence-corrected chi connectivity index (χ2v) is 4.78. The summed E-state index contributed by atoms with van der Waals surface area (Å²) >= 11 is 0. The lowest BCUT2D eigenvalue weighted by atomic mass is 10.2. The Morgan fingerprint density at radius 1 is 1.53 bits per heavy atom. The first-order chi connectivity index (χ1) is 7.09. The zero-order valence-electron chi connectivity index (χ0n) is 8.50. The number of nitrogens with one attached hydrogen (secondary N) is 1. The van der Waals surface area contributed by atoms with Crippen molar-refractivity contribution >= 4 is 10.8 Å². The van der Waals surface area contributed by atoms with Crippen LogP contribution in [0.1, 0.15) is 5.56 Å². The van der Waals surface area contributed by atoms with Crippen LogP contribution in [0.4, 0.5) is 4.39 Å². The fourth-order valence-corrected chi connectivity index (χ4v) is 1.57. The van der Waals surface area contributed by atoms with Crippen molar-refractivity contribution in [3.05, 3.63) is 29.6 Å². The number of phenols is 1. The van der Waals surface area contributed by atoms with Crippen LogP contribution in [0.3, 0.4) is 0 Å². The predicted molar refractivity (Wildman–Crippen MR) is 58.7 cm³/mol. The Bertz CT molecular complexity index is 357. The van der Waals surface area contributed by atoms with Crippen molar-refractivity contribution in [1.29, 1.82) is 0 Å². The van der Waals surface area contributed by atoms with Crippen molar-refractivity contribution in [3.8, 4) is 5.75 Å². The third-order valence-corrected chi connectivity index (χ3v) is 2.70. The van der Waals surface area contributed by atoms with E-state index in [0.717, 1.165) is 0 Å². The Hall–Kier alpha value is -0.940. The van der Waals surface area contributed by atoms with Gasteiger partial charge in [0.05, 0.1) is 0 Å². The highest BCUT2D eigenvalue weighted by molar-refractivity contribution is 7.84. The number of aromatic hydroxyl groups is 1. The number of hydrogen-bond acceptors (Lipinski definition) is 3. The van der Waals surface area contributed by atoms with E-state index in [1.165, 1.54) is 18.2 Å². The van der Waals surface area contributed by atoms with Crippen molar-refractivity contribution in [3.63, 3.8) is 0 Å². The lowest BCUT2D eigenvalue weighted by Gasteiger charge is -2.06. The van der Waals surface area contributed by atoms with Gasteiger partial charge in [-0.1, -0.05) is 0 Å². The summed E-state index contributed by atoms with van der Waals surface area (Å²) in [5.41, 5.74) is 0.511. The zero-order chi connectivity index (χ0) is 11.3. The normalized spacial score (nSPS) is 12.7. The second-order valence-electron chi connectivity index (χ2n) is 3.23. The van der Waals surface area contributed by atoms with Crippen LogP contribution in [-0.2, 0) is 17.3 Å². The molecule has 0 saturated heterocycles. The van der Waals surface area contributed by atoms with Gasteiger partial charge in [0.25, 0.3) is 0 Å². The van der Waals surface area contributed by atoms with E-state index in [0.29, 0.717) is 24.4 Å². The van der Waals surface area contributed by atoms with E-state index in [9.17, 15) is 13.7 Å². The molecule has 1 aromatic carbocycles. The molecule has 0 aliphatic carbocycles. The topological polar surface area (TPSA) is 49.3 Å². The first kappa shape index (κ1) is 12.1. The maximum atomic E-state index is 12.8. The van der Waals surface area contributed by atoms with Gasteiger partial charge < -0.3 is 10.4 Å². The van der Waals surface area contributed by atoms with Gasteiger partial charge in [-0.2, -0.15) is 0 Å². The van der Waals surface area contributed by atoms with Crippen LogP contribution < -0.4 is 5.32 Å². The van der Waals surface area contributed by atoms with Gasteiger partial charge in [0.2, 0.25) is 0 Å². The lowest BCUT2D eigenvalue weighted by molar-refractivity contribution is 0.462. The SMILES string of the molecule is CS(=O)CCNCc1cc(F)ccc1O. The van der Waals surface area contributed by atoms with Crippen LogP contribution in [0.2, 0.25) is 0 Å². The van der Waals surface area contributed by atoms with E-state index in [1.54, 1.807) is 6.26 Å². The number of benzene rings is 1. The second kappa shape index (κ2) is 5.82. The van der Waals surface area contributed by atoms with Gasteiger partial charge in [-0.15, -0.1) is 0 Å². The molecule has 0 amide bonds. The molecule has 0 aliphatic rings. The van der Waals surface area contributed by atoms with E-state index in [1.807, 2.05) is 0 Å². The largest absolute Gasteiger partial charge is 0.508 e. The number of rotatable bonds is 5. The molecule has 0 radical (unpaired) electrons. The van der Waals surface area contributed by atoms with Crippen molar-refractivity contribution in [2.75, 3.05) is 18.6 Å². The average Bonchev–Trinajstić information content (AvgIpc) is 2.17. The maximum absolute atomic E-state index is 12.8. The Balaban J connectivity index is 2.43. The molecule has 0 saturated carbocycles. The smallest absolute Gasteiger partial charge is 0.123 e. The van der Waals surface area contributed by atoms with Gasteiger partial charge in [0.15, 0.2) is 0 Å². The molecule has 0 heterocycles. The summed E-state index contributed by atoms with van der Waals surface area (Å²) in [6, 6.07) is 3.81. The maximum Gasteiger partial charge on any atom is 0.123 e. The zero-order valence-corrected chi connectivity index (χ0v) is 9.31. The molecule has 0 aliphatic heterocycles. The van der Waals surface area contributed by atoms with E-state index in [4.69, 9.17) is 0 Å². The standard InChI is InChI=1S/C10H14FNO2S/c1-15(14)5-4-12-7-8-6-9(11)2-3-10(8)13/h2-3,6,12-13H,4-5,7H2,1H3. The van der Waals surface area contributed by atoms with Crippen LogP contribution in [0.25, 0.3) is 0 Å². The third kappa shape index (κ3) is 4.40. The number of phenolic OH excluding ortho intramolecular Hbond substituents is 1. The molecule has 2 N–H and O–H groups in total. The van der Waals surface area contributed by atoms with E-state index >= 15 is 0 Å². The van der Waals surface area contributed by atoms with Crippen LogP contribution in [-0.4, -0.2) is 27.9 Å². The first-order valence-electron chi connectivity index (χ1n) is 4.57. The molecule has 0 fully saturated rings. The molecule has 84 valence electrons. The fourth-order valence-electron chi connectivity index (χ4n) is 1.13. The van der Waals surface area contributed by atoms with Crippen LogP contribution >= 0.6 is 0 Å². The Labute approximate surface area is 90.8 Å². The van der Waals surface area contributed by atoms with Crippen molar-refractivity contribution in [2.45, 2.75) is 6.54 Å². The fraction of sp³-hybridized carbons (Fsp3) is 0.400. The third-order valence-electron chi connectivity index (χ3n) is 1.92. The molecule has 1 atom stereocenters. The Kier molecular flexibility index (Phi) is 4.71. The minimum absolute atomic E-state index is 0.0709.